The summed E-state index contributed by atoms with van der Waals surface area (Å²) >= 11 is 24.6. The number of carbonyl (C=O) groups is 3. The molecule has 6 N–H and O–H groups in total. The molecule has 4 aromatic rings. The van der Waals surface area contributed by atoms with E-state index in [1.54, 1.807) is 32.4 Å². The molecule has 2 saturated heterocycles. The van der Waals surface area contributed by atoms with Gasteiger partial charge in [-0.15, -0.1) is 0 Å². The topological polar surface area (TPSA) is 308 Å². The van der Waals surface area contributed by atoms with Crippen LogP contribution in [0, 0.1) is 0 Å². The van der Waals surface area contributed by atoms with Gasteiger partial charge in [-0.05, 0) is 116 Å². The van der Waals surface area contributed by atoms with Crippen LogP contribution in [-0.2, 0) is 48.0 Å². The molecular formula is C65H104Cl4MnN12O10S4. The number of ether oxygens (including phenoxy) is 4. The van der Waals surface area contributed by atoms with Gasteiger partial charge in [0, 0.05) is 80.9 Å². The first kappa shape index (κ1) is 88.9. The second-order valence-corrected chi connectivity index (χ2v) is 28.1. The molecule has 4 aromatic heterocycles. The van der Waals surface area contributed by atoms with Crippen LogP contribution in [-0.4, -0.2) is 156 Å². The van der Waals surface area contributed by atoms with Crippen molar-refractivity contribution in [3.63, 3.8) is 0 Å². The van der Waals surface area contributed by atoms with Crippen LogP contribution < -0.4 is 21.7 Å². The molecule has 22 nitrogen and oxygen atoms in total. The maximum absolute atomic E-state index is 12.0. The number of hydrogen-bond acceptors (Lipinski definition) is 26. The molecule has 4 saturated carbocycles. The Morgan fingerprint density at radius 3 is 1.22 bits per heavy atom. The number of aliphatic hydroxyl groups excluding tert-OH is 1. The molecule has 6 fully saturated rings. The number of aldehydes is 1. The summed E-state index contributed by atoms with van der Waals surface area (Å²) in [6.45, 7) is 8.17. The van der Waals surface area contributed by atoms with Crippen LogP contribution in [0.1, 0.15) is 230 Å². The summed E-state index contributed by atoms with van der Waals surface area (Å²) in [4.78, 5) is 68.0. The average Bonchev–Trinajstić information content (AvgIpc) is 1.11. The number of rotatable bonds is 16. The number of halogens is 4. The van der Waals surface area contributed by atoms with E-state index in [4.69, 9.17) is 78.8 Å². The first-order valence-corrected chi connectivity index (χ1v) is 40.9. The maximum atomic E-state index is 12.0. The van der Waals surface area contributed by atoms with Gasteiger partial charge in [-0.1, -0.05) is 196 Å². The van der Waals surface area contributed by atoms with E-state index in [1.165, 1.54) is 207 Å². The van der Waals surface area contributed by atoms with Crippen molar-refractivity contribution in [1.29, 1.82) is 0 Å². The SMILES string of the molecule is C1CCOC1.C1CCOC1.CCOC(=O)c1cnc(SC)nc1Cl.CCOC(=O)c1cnc(SC)nc1NC1CCCCCC1.CSc1ncc(C=O)c(NC2CCCCCC2)n1.CSc1ncc(CO)c(NC2CCCCCC2)n1.ClC(Cl)Cl.NC1CCCCCC1.[O]=[Mn]=[O]. The summed E-state index contributed by atoms with van der Waals surface area (Å²) < 4.78 is 35.8. The Kier molecular flexibility index (Phi) is 54.2. The van der Waals surface area contributed by atoms with Crippen molar-refractivity contribution in [2.45, 2.75) is 249 Å². The van der Waals surface area contributed by atoms with Gasteiger partial charge in [-0.25, -0.2) is 49.5 Å². The molecule has 543 valence electrons. The minimum absolute atomic E-state index is 0.0102. The van der Waals surface area contributed by atoms with Crippen LogP contribution in [0.25, 0.3) is 0 Å². The van der Waals surface area contributed by atoms with E-state index in [-0.39, 0.29) is 23.3 Å². The number of aromatic nitrogens is 8. The van der Waals surface area contributed by atoms with E-state index < -0.39 is 25.1 Å². The molecule has 96 heavy (non-hydrogen) atoms. The molecule has 0 aromatic carbocycles. The van der Waals surface area contributed by atoms with E-state index in [0.717, 1.165) is 74.9 Å². The van der Waals surface area contributed by atoms with Gasteiger partial charge >= 0.3 is 34.4 Å². The molecule has 6 aliphatic rings. The second kappa shape index (κ2) is 58.5. The van der Waals surface area contributed by atoms with Gasteiger partial charge in [0.15, 0.2) is 31.2 Å². The Morgan fingerprint density at radius 2 is 0.865 bits per heavy atom. The molecule has 0 bridgehead atoms. The summed E-state index contributed by atoms with van der Waals surface area (Å²) in [7, 11) is 0. The first-order valence-electron chi connectivity index (χ1n) is 33.3. The van der Waals surface area contributed by atoms with Crippen LogP contribution in [0.5, 0.6) is 0 Å². The van der Waals surface area contributed by atoms with Crippen LogP contribution in [0.2, 0.25) is 5.15 Å². The third-order valence-electron chi connectivity index (χ3n) is 15.3. The van der Waals surface area contributed by atoms with Gasteiger partial charge in [0.1, 0.15) is 33.7 Å². The Hall–Kier alpha value is -3.15. The standard InChI is InChI=1S/C15H23N3O2S.C13H21N3OS.C13H19N3OS.C8H9ClN2O2S.C7H15N.2C4H8O.CHCl3.Mn.2O/c1-3-20-14(19)12-10-16-15(21-2)18-13(12)17-11-8-6-4-5-7-9-11;2*1-18-13-14-8-10(9-17)12(16-13)15-11-6-4-2-3-5-7-11;1-3-13-7(12)5-4-10-8(14-2)11-6(5)9;8-7-5-3-1-2-4-6-7;2*1-2-4-5-3-1;2-1(3)4;;;/h10-11H,3-9H2,1-2H3,(H,16,17,18);8,11,17H,2-7,9H2,1H3,(H,14,15,16);8-9,11H,2-7H2,1H3,(H,14,15,16);4H,3H2,1-2H3;7H,1-6,8H2;2*1-4H2;1H;;;. The summed E-state index contributed by atoms with van der Waals surface area (Å²) in [5.41, 5.74) is 7.71. The van der Waals surface area contributed by atoms with Gasteiger partial charge in [-0.2, -0.15) is 0 Å². The van der Waals surface area contributed by atoms with Gasteiger partial charge < -0.3 is 45.7 Å². The number of nitrogens with zero attached hydrogens (tertiary/aromatic N) is 8. The molecule has 0 unspecified atom stereocenters. The minimum atomic E-state index is -1.44. The summed E-state index contributed by atoms with van der Waals surface area (Å²) in [6, 6.07) is 1.83. The quantitative estimate of drug-likeness (QED) is 0.0102. The fraction of sp³-hybridized carbons (Fsp3) is 0.708. The third-order valence-corrected chi connectivity index (χ3v) is 17.8. The van der Waals surface area contributed by atoms with E-state index in [2.05, 4.69) is 55.8 Å². The zero-order valence-corrected chi connectivity index (χ0v) is 64.3. The van der Waals surface area contributed by atoms with E-state index in [0.29, 0.717) is 75.6 Å². The number of alkyl halides is 3. The molecule has 0 radical (unpaired) electrons. The number of nitrogens with two attached hydrogens (primary N) is 1. The fourth-order valence-electron chi connectivity index (χ4n) is 10.3. The zero-order chi connectivity index (χ0) is 70.4. The number of anilines is 3. The van der Waals surface area contributed by atoms with Crippen molar-refractivity contribution in [1.82, 2.24) is 39.9 Å². The first-order chi connectivity index (χ1) is 46.6. The molecule has 2 aliphatic heterocycles. The number of nitrogens with one attached hydrogen (secondary N) is 3. The molecule has 0 amide bonds. The van der Waals surface area contributed by atoms with Crippen LogP contribution in [0.4, 0.5) is 17.5 Å². The zero-order valence-electron chi connectivity index (χ0n) is 56.8. The molecule has 4 aliphatic carbocycles. The Labute approximate surface area is 613 Å². The summed E-state index contributed by atoms with van der Waals surface area (Å²) in [6.07, 6.45) is 50.3. The van der Waals surface area contributed by atoms with E-state index >= 15 is 0 Å². The normalized spacial score (nSPS) is 16.6. The predicted molar refractivity (Wildman–Crippen MR) is 387 cm³/mol. The number of esters is 2. The molecule has 0 atom stereocenters. The Morgan fingerprint density at radius 1 is 0.542 bits per heavy atom. The molecule has 6 heterocycles. The van der Waals surface area contributed by atoms with Crippen molar-refractivity contribution < 1.29 is 60.9 Å². The fourth-order valence-corrected chi connectivity index (χ4v) is 11.9. The third kappa shape index (κ3) is 41.6. The van der Waals surface area contributed by atoms with Crippen LogP contribution in [0.3, 0.4) is 0 Å². The number of hydrogen-bond donors (Lipinski definition) is 5. The number of thioether (sulfide) groups is 4. The van der Waals surface area contributed by atoms with Gasteiger partial charge in [0.05, 0.1) is 25.4 Å². The van der Waals surface area contributed by atoms with E-state index in [1.807, 2.05) is 25.0 Å². The Bertz CT molecular complexity index is 2700. The van der Waals surface area contributed by atoms with Gasteiger partial charge in [0.2, 0.25) is 0 Å². The molecule has 31 heteroatoms. The van der Waals surface area contributed by atoms with Crippen molar-refractivity contribution in [2.75, 3.05) is 80.6 Å². The molecular weight excluding hydrogens is 1430 g/mol. The Balaban J connectivity index is 0.000000390. The van der Waals surface area contributed by atoms with Crippen molar-refractivity contribution in [3.05, 3.63) is 52.2 Å². The second-order valence-electron chi connectivity index (χ2n) is 22.5. The van der Waals surface area contributed by atoms with Gasteiger partial charge in [0.25, 0.3) is 0 Å². The number of aliphatic hydroxyl groups is 1. The van der Waals surface area contributed by atoms with Crippen molar-refractivity contribution >= 4 is 129 Å². The average molecular weight is 1540 g/mol. The van der Waals surface area contributed by atoms with Crippen LogP contribution in [0.15, 0.2) is 45.4 Å². The van der Waals surface area contributed by atoms with E-state index in [9.17, 15) is 19.5 Å². The molecule has 10 rings (SSSR count). The number of carbonyl (C=O) groups excluding carboxylic acids is 3. The predicted octanol–water partition coefficient (Wildman–Crippen LogP) is 16.5. The monoisotopic (exact) mass is 1540 g/mol. The summed E-state index contributed by atoms with van der Waals surface area (Å²) in [5.74, 6) is 1.26. The van der Waals surface area contributed by atoms with Crippen LogP contribution >= 0.6 is 93.5 Å². The molecule has 0 spiro atoms. The van der Waals surface area contributed by atoms with Gasteiger partial charge in [-0.3, -0.25) is 4.79 Å². The van der Waals surface area contributed by atoms with Crippen molar-refractivity contribution in [3.8, 4) is 0 Å². The van der Waals surface area contributed by atoms with Crippen molar-refractivity contribution in [2.24, 2.45) is 5.73 Å². The summed E-state index contributed by atoms with van der Waals surface area (Å²) in [5, 5.41) is 22.5.